The zero-order valence-electron chi connectivity index (χ0n) is 13.8. The van der Waals surface area contributed by atoms with Gasteiger partial charge in [-0.25, -0.2) is 22.4 Å². The molecule has 0 aliphatic carbocycles. The van der Waals surface area contributed by atoms with Crippen molar-refractivity contribution in [1.82, 2.24) is 19.6 Å². The van der Waals surface area contributed by atoms with Crippen LogP contribution in [0.3, 0.4) is 0 Å². The van der Waals surface area contributed by atoms with Crippen LogP contribution in [0, 0.1) is 0 Å². The van der Waals surface area contributed by atoms with Crippen molar-refractivity contribution in [3.05, 3.63) is 16.4 Å². The number of aromatic nitrogens is 2. The van der Waals surface area contributed by atoms with E-state index in [-0.39, 0.29) is 32.8 Å². The minimum Gasteiger partial charge on any atom is -0.450 e. The number of carbonyl (C=O) groups is 2. The molecule has 0 bridgehead atoms. The minimum atomic E-state index is -3.16. The third-order valence-corrected chi connectivity index (χ3v) is 4.20. The molecule has 26 heavy (non-hydrogen) atoms. The number of alkyl halides is 4. The van der Waals surface area contributed by atoms with Gasteiger partial charge in [-0.05, 0) is 6.92 Å². The normalized spacial score (nSPS) is 15.1. The highest BCUT2D eigenvalue weighted by Gasteiger charge is 2.30. The van der Waals surface area contributed by atoms with E-state index in [0.29, 0.717) is 4.68 Å². The molecule has 146 valence electrons. The average molecular weight is 401 g/mol. The smallest absolute Gasteiger partial charge is 0.409 e. The maximum absolute atomic E-state index is 13.1. The molecule has 1 aromatic rings. The summed E-state index contributed by atoms with van der Waals surface area (Å²) in [5.41, 5.74) is -1.90. The van der Waals surface area contributed by atoms with Crippen LogP contribution in [0.1, 0.15) is 31.2 Å². The molecule has 2 heterocycles. The molecule has 1 fully saturated rings. The average Bonchev–Trinajstić information content (AvgIpc) is 2.91. The maximum atomic E-state index is 13.1. The summed E-state index contributed by atoms with van der Waals surface area (Å²) in [6, 6.07) is 0. The highest BCUT2D eigenvalue weighted by Crippen LogP contribution is 2.34. The lowest BCUT2D eigenvalue weighted by Crippen LogP contribution is -2.51. The summed E-state index contributed by atoms with van der Waals surface area (Å²) < 4.78 is 57.2. The lowest BCUT2D eigenvalue weighted by Gasteiger charge is -2.34. The molecule has 1 aliphatic rings. The van der Waals surface area contributed by atoms with E-state index in [1.165, 1.54) is 9.80 Å². The van der Waals surface area contributed by atoms with Gasteiger partial charge in [-0.3, -0.25) is 9.48 Å². The topological polar surface area (TPSA) is 67.7 Å². The zero-order valence-corrected chi connectivity index (χ0v) is 14.6. The SMILES string of the molecule is CCOC(=O)N1CCN(C(=O)Cn2nc(C(F)F)c(Cl)c2C(F)F)CC1. The van der Waals surface area contributed by atoms with Crippen molar-refractivity contribution in [2.75, 3.05) is 32.8 Å². The monoisotopic (exact) mass is 400 g/mol. The Bertz CT molecular complexity index is 663. The van der Waals surface area contributed by atoms with E-state index in [1.807, 2.05) is 0 Å². The van der Waals surface area contributed by atoms with Crippen molar-refractivity contribution in [3.8, 4) is 0 Å². The second kappa shape index (κ2) is 8.56. The van der Waals surface area contributed by atoms with E-state index in [4.69, 9.17) is 16.3 Å². The number of carbonyl (C=O) groups excluding carboxylic acids is 2. The first-order chi connectivity index (χ1) is 12.3. The van der Waals surface area contributed by atoms with Gasteiger partial charge in [-0.15, -0.1) is 0 Å². The van der Waals surface area contributed by atoms with Crippen molar-refractivity contribution < 1.29 is 31.9 Å². The van der Waals surface area contributed by atoms with Crippen LogP contribution in [-0.2, 0) is 16.1 Å². The van der Waals surface area contributed by atoms with Crippen molar-refractivity contribution in [1.29, 1.82) is 0 Å². The Hall–Kier alpha value is -2.04. The summed E-state index contributed by atoms with van der Waals surface area (Å²) in [5.74, 6) is -0.588. The summed E-state index contributed by atoms with van der Waals surface area (Å²) in [4.78, 5) is 26.6. The van der Waals surface area contributed by atoms with Gasteiger partial charge >= 0.3 is 6.09 Å². The number of nitrogens with zero attached hydrogens (tertiary/aromatic N) is 4. The Balaban J connectivity index is 2.05. The van der Waals surface area contributed by atoms with Gasteiger partial charge in [-0.2, -0.15) is 5.10 Å². The first-order valence-corrected chi connectivity index (χ1v) is 8.15. The van der Waals surface area contributed by atoms with Crippen LogP contribution in [0.15, 0.2) is 0 Å². The third-order valence-electron chi connectivity index (χ3n) is 3.81. The van der Waals surface area contributed by atoms with Gasteiger partial charge < -0.3 is 14.5 Å². The Morgan fingerprint density at radius 1 is 1.12 bits per heavy atom. The molecule has 2 amide bonds. The molecule has 7 nitrogen and oxygen atoms in total. The molecule has 0 saturated carbocycles. The van der Waals surface area contributed by atoms with Gasteiger partial charge in [0.05, 0.1) is 11.6 Å². The summed E-state index contributed by atoms with van der Waals surface area (Å²) in [7, 11) is 0. The van der Waals surface area contributed by atoms with Gasteiger partial charge in [0.15, 0.2) is 0 Å². The Morgan fingerprint density at radius 2 is 1.69 bits per heavy atom. The highest BCUT2D eigenvalue weighted by atomic mass is 35.5. The second-order valence-corrected chi connectivity index (χ2v) is 5.79. The number of rotatable bonds is 5. The van der Waals surface area contributed by atoms with Crippen LogP contribution in [0.5, 0.6) is 0 Å². The molecule has 0 spiro atoms. The van der Waals surface area contributed by atoms with E-state index in [0.717, 1.165) is 0 Å². The zero-order chi connectivity index (χ0) is 19.4. The molecule has 2 rings (SSSR count). The van der Waals surface area contributed by atoms with Crippen LogP contribution in [0.2, 0.25) is 5.02 Å². The van der Waals surface area contributed by atoms with Crippen LogP contribution < -0.4 is 0 Å². The molecule has 0 unspecified atom stereocenters. The lowest BCUT2D eigenvalue weighted by atomic mass is 10.3. The first-order valence-electron chi connectivity index (χ1n) is 7.78. The van der Waals surface area contributed by atoms with E-state index in [9.17, 15) is 27.2 Å². The van der Waals surface area contributed by atoms with E-state index >= 15 is 0 Å². The molecule has 0 N–H and O–H groups in total. The Kier molecular flexibility index (Phi) is 6.68. The Morgan fingerprint density at radius 3 is 2.19 bits per heavy atom. The second-order valence-electron chi connectivity index (χ2n) is 5.41. The number of ether oxygens (including phenoxy) is 1. The van der Waals surface area contributed by atoms with Gasteiger partial charge in [0.25, 0.3) is 12.9 Å². The van der Waals surface area contributed by atoms with Gasteiger partial charge in [0.1, 0.15) is 17.9 Å². The number of hydrogen-bond acceptors (Lipinski definition) is 4. The summed E-state index contributed by atoms with van der Waals surface area (Å²) in [6.45, 7) is 2.01. The molecule has 1 aliphatic heterocycles. The molecular weight excluding hydrogens is 384 g/mol. The van der Waals surface area contributed by atoms with Crippen LogP contribution in [0.4, 0.5) is 22.4 Å². The highest BCUT2D eigenvalue weighted by molar-refractivity contribution is 6.32. The van der Waals surface area contributed by atoms with E-state index in [2.05, 4.69) is 5.10 Å². The number of amides is 2. The van der Waals surface area contributed by atoms with Crippen molar-refractivity contribution in [2.24, 2.45) is 0 Å². The van der Waals surface area contributed by atoms with Gasteiger partial charge in [0, 0.05) is 26.2 Å². The summed E-state index contributed by atoms with van der Waals surface area (Å²) >= 11 is 5.55. The third kappa shape index (κ3) is 4.37. The minimum absolute atomic E-state index is 0.165. The van der Waals surface area contributed by atoms with E-state index < -0.39 is 47.8 Å². The van der Waals surface area contributed by atoms with Gasteiger partial charge in [-0.1, -0.05) is 11.6 Å². The number of hydrogen-bond donors (Lipinski definition) is 0. The fraction of sp³-hybridized carbons (Fsp3) is 0.643. The maximum Gasteiger partial charge on any atom is 0.409 e. The molecule has 12 heteroatoms. The molecule has 0 radical (unpaired) electrons. The lowest BCUT2D eigenvalue weighted by molar-refractivity contribution is -0.133. The van der Waals surface area contributed by atoms with Gasteiger partial charge in [0.2, 0.25) is 5.91 Å². The molecular formula is C14H17ClF4N4O3. The largest absolute Gasteiger partial charge is 0.450 e. The molecule has 1 aromatic heterocycles. The summed E-state index contributed by atoms with van der Waals surface area (Å²) in [5, 5.41) is 2.52. The molecule has 0 atom stereocenters. The Labute approximate surface area is 151 Å². The van der Waals surface area contributed by atoms with Crippen molar-refractivity contribution in [3.63, 3.8) is 0 Å². The fourth-order valence-corrected chi connectivity index (χ4v) is 2.82. The predicted molar refractivity (Wildman–Crippen MR) is 82.3 cm³/mol. The number of halogens is 5. The van der Waals surface area contributed by atoms with Crippen molar-refractivity contribution in [2.45, 2.75) is 26.3 Å². The summed E-state index contributed by atoms with van der Waals surface area (Å²) in [6.07, 6.45) is -6.79. The van der Waals surface area contributed by atoms with Crippen LogP contribution in [0.25, 0.3) is 0 Å². The predicted octanol–water partition coefficient (Wildman–Crippen LogP) is 2.71. The molecule has 1 saturated heterocycles. The van der Waals surface area contributed by atoms with E-state index in [1.54, 1.807) is 6.92 Å². The fourth-order valence-electron chi connectivity index (χ4n) is 2.52. The quantitative estimate of drug-likeness (QED) is 0.713. The van der Waals surface area contributed by atoms with Crippen LogP contribution >= 0.6 is 11.6 Å². The standard InChI is InChI=1S/C14H17ClF4N4O3/c1-2-26-14(25)22-5-3-21(4-6-22)8(24)7-23-11(13(18)19)9(15)10(20-23)12(16)17/h12-13H,2-7H2,1H3. The number of piperazine rings is 1. The molecule has 0 aromatic carbocycles. The first kappa shape index (κ1) is 20.3. The van der Waals surface area contributed by atoms with Crippen LogP contribution in [-0.4, -0.2) is 64.4 Å². The van der Waals surface area contributed by atoms with Crippen molar-refractivity contribution >= 4 is 23.6 Å².